The molecule has 0 spiro atoms. The highest BCUT2D eigenvalue weighted by Crippen LogP contribution is 2.20. The van der Waals surface area contributed by atoms with Gasteiger partial charge in [0.15, 0.2) is 0 Å². The van der Waals surface area contributed by atoms with Crippen molar-refractivity contribution in [2.75, 3.05) is 33.9 Å². The standard InChI is InChI=1S/C35H49N3O3/c1-34(2,36)20-12-17-33(39)38(6)31(23-28-18-19-29-15-10-11-16-30(29)21-28)24-37(5)32(25-41-26-35(3,4)40)22-27-13-8-7-9-14-27/h7-19,21,31-32,40H,20,22-26,36H2,1-6H3/t31-,32-/m1/s1. The van der Waals surface area contributed by atoms with Gasteiger partial charge >= 0.3 is 0 Å². The van der Waals surface area contributed by atoms with E-state index in [2.05, 4.69) is 60.5 Å². The third-order valence-electron chi connectivity index (χ3n) is 7.29. The number of ether oxygens (including phenoxy) is 1. The molecule has 3 N–H and O–H groups in total. The Morgan fingerprint density at radius 1 is 0.902 bits per heavy atom. The Morgan fingerprint density at radius 2 is 1.54 bits per heavy atom. The normalized spacial score (nSPS) is 14.1. The molecule has 1 amide bonds. The van der Waals surface area contributed by atoms with Crippen molar-refractivity contribution in [1.82, 2.24) is 9.80 Å². The second-order valence-electron chi connectivity index (χ2n) is 12.7. The van der Waals surface area contributed by atoms with Gasteiger partial charge in [-0.05, 0) is 82.0 Å². The minimum Gasteiger partial charge on any atom is -0.388 e. The zero-order valence-electron chi connectivity index (χ0n) is 25.7. The number of benzene rings is 3. The number of hydrogen-bond donors (Lipinski definition) is 2. The highest BCUT2D eigenvalue weighted by Gasteiger charge is 2.26. The number of carbonyl (C=O) groups is 1. The summed E-state index contributed by atoms with van der Waals surface area (Å²) in [6.45, 7) is 8.81. The van der Waals surface area contributed by atoms with Crippen LogP contribution in [0.2, 0.25) is 0 Å². The second kappa shape index (κ2) is 14.7. The van der Waals surface area contributed by atoms with E-state index in [0.29, 0.717) is 19.6 Å². The zero-order valence-corrected chi connectivity index (χ0v) is 25.7. The molecule has 6 nitrogen and oxygen atoms in total. The smallest absolute Gasteiger partial charge is 0.246 e. The van der Waals surface area contributed by atoms with Gasteiger partial charge < -0.3 is 20.5 Å². The van der Waals surface area contributed by atoms with Crippen LogP contribution in [0, 0.1) is 0 Å². The molecule has 6 heteroatoms. The number of fused-ring (bicyclic) bond motifs is 1. The van der Waals surface area contributed by atoms with Crippen molar-refractivity contribution in [2.45, 2.75) is 70.2 Å². The molecule has 0 saturated heterocycles. The number of rotatable bonds is 15. The first kappa shape index (κ1) is 32.5. The van der Waals surface area contributed by atoms with Crippen LogP contribution in [0.1, 0.15) is 45.2 Å². The summed E-state index contributed by atoms with van der Waals surface area (Å²) in [6, 6.07) is 25.3. The monoisotopic (exact) mass is 559 g/mol. The average molecular weight is 560 g/mol. The van der Waals surface area contributed by atoms with Crippen LogP contribution in [0.3, 0.4) is 0 Å². The number of nitrogens with two attached hydrogens (primary N) is 1. The number of nitrogens with zero attached hydrogens (tertiary/aromatic N) is 2. The van der Waals surface area contributed by atoms with Crippen molar-refractivity contribution in [3.05, 3.63) is 96.1 Å². The van der Waals surface area contributed by atoms with E-state index >= 15 is 0 Å². The fraction of sp³-hybridized carbons (Fsp3) is 0.457. The van der Waals surface area contributed by atoms with E-state index in [1.165, 1.54) is 21.9 Å². The molecule has 0 fully saturated rings. The van der Waals surface area contributed by atoms with Gasteiger partial charge in [-0.2, -0.15) is 0 Å². The summed E-state index contributed by atoms with van der Waals surface area (Å²) < 4.78 is 6.00. The Balaban J connectivity index is 1.84. The number of carbonyl (C=O) groups excluding carboxylic acids is 1. The third kappa shape index (κ3) is 11.4. The Bertz CT molecular complexity index is 1260. The van der Waals surface area contributed by atoms with E-state index in [0.717, 1.165) is 12.8 Å². The molecule has 2 atom stereocenters. The minimum absolute atomic E-state index is 0.0358. The van der Waals surface area contributed by atoms with Gasteiger partial charge in [-0.15, -0.1) is 0 Å². The van der Waals surface area contributed by atoms with E-state index in [-0.39, 0.29) is 30.1 Å². The van der Waals surface area contributed by atoms with Crippen molar-refractivity contribution in [3.8, 4) is 0 Å². The molecule has 3 aromatic carbocycles. The highest BCUT2D eigenvalue weighted by molar-refractivity contribution is 5.87. The predicted molar refractivity (Wildman–Crippen MR) is 170 cm³/mol. The summed E-state index contributed by atoms with van der Waals surface area (Å²) in [5.74, 6) is -0.0358. The minimum atomic E-state index is -0.897. The van der Waals surface area contributed by atoms with Crippen LogP contribution in [0.4, 0.5) is 0 Å². The Kier molecular flexibility index (Phi) is 11.7. The Morgan fingerprint density at radius 3 is 2.20 bits per heavy atom. The van der Waals surface area contributed by atoms with Crippen molar-refractivity contribution in [1.29, 1.82) is 0 Å². The largest absolute Gasteiger partial charge is 0.388 e. The average Bonchev–Trinajstić information content (AvgIpc) is 2.90. The Hall–Kier alpha value is -3.03. The van der Waals surface area contributed by atoms with E-state index in [1.54, 1.807) is 19.9 Å². The maximum atomic E-state index is 13.3. The first-order valence-corrected chi connectivity index (χ1v) is 14.5. The topological polar surface area (TPSA) is 79.0 Å². The predicted octanol–water partition coefficient (Wildman–Crippen LogP) is 5.22. The summed E-state index contributed by atoms with van der Waals surface area (Å²) in [5.41, 5.74) is 7.27. The second-order valence-corrected chi connectivity index (χ2v) is 12.7. The molecule has 222 valence electrons. The summed E-state index contributed by atoms with van der Waals surface area (Å²) in [4.78, 5) is 17.5. The van der Waals surface area contributed by atoms with Crippen molar-refractivity contribution in [2.24, 2.45) is 5.73 Å². The first-order valence-electron chi connectivity index (χ1n) is 14.5. The SMILES string of the molecule is CN(C[C@@H](Cc1ccc2ccccc2c1)N(C)C(=O)C=CCC(C)(C)N)[C@@H](COCC(C)(C)O)Cc1ccccc1. The summed E-state index contributed by atoms with van der Waals surface area (Å²) in [6.07, 6.45) is 5.67. The molecular weight excluding hydrogens is 510 g/mol. The molecule has 0 aliphatic carbocycles. The van der Waals surface area contributed by atoms with E-state index in [9.17, 15) is 9.90 Å². The lowest BCUT2D eigenvalue weighted by atomic mass is 9.99. The van der Waals surface area contributed by atoms with Crippen LogP contribution >= 0.6 is 0 Å². The van der Waals surface area contributed by atoms with Crippen molar-refractivity contribution < 1.29 is 14.6 Å². The molecular formula is C35H49N3O3. The molecule has 0 aliphatic rings. The van der Waals surface area contributed by atoms with E-state index < -0.39 is 5.60 Å². The van der Waals surface area contributed by atoms with Gasteiger partial charge in [-0.3, -0.25) is 9.69 Å². The van der Waals surface area contributed by atoms with Gasteiger partial charge in [0.25, 0.3) is 0 Å². The first-order chi connectivity index (χ1) is 19.3. The molecule has 0 aromatic heterocycles. The molecule has 3 rings (SSSR count). The number of likely N-dealkylation sites (N-methyl/N-ethyl adjacent to an activating group) is 2. The maximum absolute atomic E-state index is 13.3. The Labute approximate surface area is 246 Å². The lowest BCUT2D eigenvalue weighted by Crippen LogP contribution is -2.49. The van der Waals surface area contributed by atoms with E-state index in [4.69, 9.17) is 10.5 Å². The molecule has 0 saturated carbocycles. The molecule has 0 heterocycles. The number of amides is 1. The highest BCUT2D eigenvalue weighted by atomic mass is 16.5. The van der Waals surface area contributed by atoms with Gasteiger partial charge in [0, 0.05) is 31.2 Å². The van der Waals surface area contributed by atoms with Gasteiger partial charge in [0.1, 0.15) is 0 Å². The molecule has 41 heavy (non-hydrogen) atoms. The zero-order chi connectivity index (χ0) is 30.0. The van der Waals surface area contributed by atoms with Crippen LogP contribution in [-0.4, -0.2) is 77.9 Å². The summed E-state index contributed by atoms with van der Waals surface area (Å²) >= 11 is 0. The van der Waals surface area contributed by atoms with Crippen LogP contribution in [0.25, 0.3) is 10.8 Å². The van der Waals surface area contributed by atoms with Gasteiger partial charge in [0.05, 0.1) is 18.8 Å². The van der Waals surface area contributed by atoms with Crippen LogP contribution < -0.4 is 5.73 Å². The number of hydrogen-bond acceptors (Lipinski definition) is 5. The molecule has 0 unspecified atom stereocenters. The third-order valence-corrected chi connectivity index (χ3v) is 7.29. The van der Waals surface area contributed by atoms with Crippen LogP contribution in [0.15, 0.2) is 84.9 Å². The lowest BCUT2D eigenvalue weighted by Gasteiger charge is -2.36. The van der Waals surface area contributed by atoms with Gasteiger partial charge in [0.2, 0.25) is 5.91 Å². The molecule has 3 aromatic rings. The molecule has 0 aliphatic heterocycles. The molecule has 0 bridgehead atoms. The fourth-order valence-corrected chi connectivity index (χ4v) is 4.88. The summed E-state index contributed by atoms with van der Waals surface area (Å²) in [7, 11) is 3.98. The van der Waals surface area contributed by atoms with Crippen molar-refractivity contribution in [3.63, 3.8) is 0 Å². The molecule has 0 radical (unpaired) electrons. The number of aliphatic hydroxyl groups is 1. The van der Waals surface area contributed by atoms with Crippen molar-refractivity contribution >= 4 is 16.7 Å². The quantitative estimate of drug-likeness (QED) is 0.250. The van der Waals surface area contributed by atoms with Crippen LogP contribution in [0.5, 0.6) is 0 Å². The summed E-state index contributed by atoms with van der Waals surface area (Å²) in [5, 5.41) is 12.6. The maximum Gasteiger partial charge on any atom is 0.246 e. The van der Waals surface area contributed by atoms with Gasteiger partial charge in [-0.25, -0.2) is 0 Å². The fourth-order valence-electron chi connectivity index (χ4n) is 4.88. The van der Waals surface area contributed by atoms with Gasteiger partial charge in [-0.1, -0.05) is 78.9 Å². The van der Waals surface area contributed by atoms with E-state index in [1.807, 2.05) is 56.1 Å². The van der Waals surface area contributed by atoms with Crippen LogP contribution in [-0.2, 0) is 22.4 Å². The lowest BCUT2D eigenvalue weighted by molar-refractivity contribution is -0.127.